The van der Waals surface area contributed by atoms with Crippen molar-refractivity contribution in [2.24, 2.45) is 17.3 Å². The lowest BCUT2D eigenvalue weighted by Crippen LogP contribution is -2.46. The summed E-state index contributed by atoms with van der Waals surface area (Å²) < 4.78 is 0. The number of hydrogen-bond donors (Lipinski definition) is 1. The first-order valence-corrected chi connectivity index (χ1v) is 9.33. The van der Waals surface area contributed by atoms with E-state index in [2.05, 4.69) is 29.0 Å². The molecule has 0 aromatic heterocycles. The van der Waals surface area contributed by atoms with Crippen LogP contribution in [-0.2, 0) is 0 Å². The van der Waals surface area contributed by atoms with E-state index >= 15 is 0 Å². The van der Waals surface area contributed by atoms with Crippen LogP contribution in [0.4, 0.5) is 0 Å². The predicted molar refractivity (Wildman–Crippen MR) is 89.6 cm³/mol. The summed E-state index contributed by atoms with van der Waals surface area (Å²) >= 11 is 0. The smallest absolute Gasteiger partial charge is 0.00531 e. The van der Waals surface area contributed by atoms with Gasteiger partial charge in [-0.1, -0.05) is 13.8 Å². The molecule has 3 heterocycles. The highest BCUT2D eigenvalue weighted by Crippen LogP contribution is 2.36. The lowest BCUT2D eigenvalue weighted by atomic mass is 9.75. The summed E-state index contributed by atoms with van der Waals surface area (Å²) in [6, 6.07) is 0. The first-order chi connectivity index (χ1) is 10.2. The van der Waals surface area contributed by atoms with Crippen LogP contribution < -0.4 is 5.32 Å². The van der Waals surface area contributed by atoms with Crippen molar-refractivity contribution >= 4 is 0 Å². The second kappa shape index (κ2) is 6.97. The van der Waals surface area contributed by atoms with E-state index in [0.29, 0.717) is 5.41 Å². The van der Waals surface area contributed by atoms with Crippen molar-refractivity contribution in [2.45, 2.75) is 46.0 Å². The highest BCUT2D eigenvalue weighted by atomic mass is 15.2. The van der Waals surface area contributed by atoms with Crippen molar-refractivity contribution in [3.63, 3.8) is 0 Å². The monoisotopic (exact) mass is 293 g/mol. The normalized spacial score (nSPS) is 33.3. The summed E-state index contributed by atoms with van der Waals surface area (Å²) in [5.74, 6) is 1.77. The molecule has 122 valence electrons. The van der Waals surface area contributed by atoms with Crippen molar-refractivity contribution in [2.75, 3.05) is 52.4 Å². The number of nitrogens with zero attached hydrogens (tertiary/aromatic N) is 2. The van der Waals surface area contributed by atoms with Crippen LogP contribution in [0.1, 0.15) is 46.0 Å². The molecule has 3 aliphatic rings. The Labute approximate surface area is 131 Å². The Bertz CT molecular complexity index is 308. The minimum Gasteiger partial charge on any atom is -0.316 e. The van der Waals surface area contributed by atoms with Gasteiger partial charge in [-0.05, 0) is 82.1 Å². The maximum Gasteiger partial charge on any atom is 0.00531 e. The fourth-order valence-electron chi connectivity index (χ4n) is 4.68. The molecule has 3 nitrogen and oxygen atoms in total. The van der Waals surface area contributed by atoms with Crippen LogP contribution in [-0.4, -0.2) is 62.2 Å². The van der Waals surface area contributed by atoms with Crippen LogP contribution in [0.15, 0.2) is 0 Å². The van der Waals surface area contributed by atoms with E-state index in [1.165, 1.54) is 84.5 Å². The number of rotatable bonds is 5. The van der Waals surface area contributed by atoms with Gasteiger partial charge in [0, 0.05) is 19.6 Å². The Balaban J connectivity index is 1.44. The molecule has 0 radical (unpaired) electrons. The highest BCUT2D eigenvalue weighted by Gasteiger charge is 2.39. The minimum absolute atomic E-state index is 0.543. The Morgan fingerprint density at radius 3 is 2.33 bits per heavy atom. The van der Waals surface area contributed by atoms with Crippen LogP contribution in [0.3, 0.4) is 0 Å². The maximum absolute atomic E-state index is 3.61. The van der Waals surface area contributed by atoms with Gasteiger partial charge in [0.2, 0.25) is 0 Å². The maximum atomic E-state index is 3.61. The zero-order valence-corrected chi connectivity index (χ0v) is 14.2. The van der Waals surface area contributed by atoms with Crippen molar-refractivity contribution < 1.29 is 0 Å². The van der Waals surface area contributed by atoms with Gasteiger partial charge in [0.25, 0.3) is 0 Å². The summed E-state index contributed by atoms with van der Waals surface area (Å²) in [6.07, 6.45) is 7.10. The molecule has 1 atom stereocenters. The molecule has 0 saturated carbocycles. The summed E-state index contributed by atoms with van der Waals surface area (Å²) in [5, 5.41) is 3.61. The standard InChI is InChI=1S/C18H35N3/c1-16(2)18(7-8-19-14-18)15-21-11-5-17(6-12-21)13-20-9-3-4-10-20/h16-17,19H,3-15H2,1-2H3. The molecule has 0 aromatic rings. The van der Waals surface area contributed by atoms with E-state index in [-0.39, 0.29) is 0 Å². The molecule has 1 N–H and O–H groups in total. The topological polar surface area (TPSA) is 18.5 Å². The van der Waals surface area contributed by atoms with Crippen LogP contribution in [0.25, 0.3) is 0 Å². The number of nitrogens with one attached hydrogen (secondary N) is 1. The molecule has 0 aliphatic carbocycles. The molecular formula is C18H35N3. The van der Waals surface area contributed by atoms with Crippen molar-refractivity contribution in [3.05, 3.63) is 0 Å². The summed E-state index contributed by atoms with van der Waals surface area (Å²) in [4.78, 5) is 5.48. The van der Waals surface area contributed by atoms with E-state index in [4.69, 9.17) is 0 Å². The first-order valence-electron chi connectivity index (χ1n) is 9.33. The molecule has 0 bridgehead atoms. The Morgan fingerprint density at radius 2 is 1.76 bits per heavy atom. The van der Waals surface area contributed by atoms with Gasteiger partial charge in [-0.3, -0.25) is 0 Å². The third-order valence-electron chi connectivity index (χ3n) is 6.46. The lowest BCUT2D eigenvalue weighted by Gasteiger charge is -2.41. The summed E-state index contributed by atoms with van der Waals surface area (Å²) in [7, 11) is 0. The van der Waals surface area contributed by atoms with E-state index in [1.54, 1.807) is 0 Å². The molecule has 3 heteroatoms. The third-order valence-corrected chi connectivity index (χ3v) is 6.46. The molecule has 0 amide bonds. The van der Waals surface area contributed by atoms with Gasteiger partial charge in [-0.25, -0.2) is 0 Å². The van der Waals surface area contributed by atoms with Gasteiger partial charge in [-0.15, -0.1) is 0 Å². The van der Waals surface area contributed by atoms with Crippen LogP contribution in [0.2, 0.25) is 0 Å². The predicted octanol–water partition coefficient (Wildman–Crippen LogP) is 2.43. The van der Waals surface area contributed by atoms with Crippen molar-refractivity contribution in [3.8, 4) is 0 Å². The second-order valence-electron chi connectivity index (χ2n) is 8.17. The quantitative estimate of drug-likeness (QED) is 0.840. The SMILES string of the molecule is CC(C)C1(CN2CCC(CN3CCCC3)CC2)CCNC1. The summed E-state index contributed by atoms with van der Waals surface area (Å²) in [6.45, 7) is 15.4. The molecule has 3 aliphatic heterocycles. The average Bonchev–Trinajstić information content (AvgIpc) is 3.13. The van der Waals surface area contributed by atoms with Crippen LogP contribution >= 0.6 is 0 Å². The van der Waals surface area contributed by atoms with Gasteiger partial charge in [-0.2, -0.15) is 0 Å². The largest absolute Gasteiger partial charge is 0.316 e. The Kier molecular flexibility index (Phi) is 5.23. The van der Waals surface area contributed by atoms with Gasteiger partial charge in [0.05, 0.1) is 0 Å². The molecule has 21 heavy (non-hydrogen) atoms. The van der Waals surface area contributed by atoms with Crippen molar-refractivity contribution in [1.29, 1.82) is 0 Å². The van der Waals surface area contributed by atoms with Crippen molar-refractivity contribution in [1.82, 2.24) is 15.1 Å². The van der Waals surface area contributed by atoms with Gasteiger partial charge in [0.15, 0.2) is 0 Å². The third kappa shape index (κ3) is 3.80. The molecule has 3 saturated heterocycles. The molecule has 3 rings (SSSR count). The number of hydrogen-bond acceptors (Lipinski definition) is 3. The zero-order valence-electron chi connectivity index (χ0n) is 14.2. The lowest BCUT2D eigenvalue weighted by molar-refractivity contribution is 0.0809. The van der Waals surface area contributed by atoms with E-state index in [0.717, 1.165) is 11.8 Å². The van der Waals surface area contributed by atoms with Gasteiger partial charge >= 0.3 is 0 Å². The van der Waals surface area contributed by atoms with E-state index < -0.39 is 0 Å². The minimum atomic E-state index is 0.543. The summed E-state index contributed by atoms with van der Waals surface area (Å²) in [5.41, 5.74) is 0.543. The highest BCUT2D eigenvalue weighted by molar-refractivity contribution is 4.93. The molecule has 3 fully saturated rings. The molecular weight excluding hydrogens is 258 g/mol. The van der Waals surface area contributed by atoms with Gasteiger partial charge in [0.1, 0.15) is 0 Å². The zero-order chi connectivity index (χ0) is 14.7. The Morgan fingerprint density at radius 1 is 1.05 bits per heavy atom. The average molecular weight is 293 g/mol. The molecule has 1 unspecified atom stereocenters. The number of piperidine rings is 1. The van der Waals surface area contributed by atoms with E-state index in [9.17, 15) is 0 Å². The second-order valence-corrected chi connectivity index (χ2v) is 8.17. The molecule has 0 spiro atoms. The van der Waals surface area contributed by atoms with Crippen LogP contribution in [0, 0.1) is 17.3 Å². The van der Waals surface area contributed by atoms with E-state index in [1.807, 2.05) is 0 Å². The fourth-order valence-corrected chi connectivity index (χ4v) is 4.68. The number of likely N-dealkylation sites (tertiary alicyclic amines) is 2. The first kappa shape index (κ1) is 15.8. The van der Waals surface area contributed by atoms with Crippen LogP contribution in [0.5, 0.6) is 0 Å². The Hall–Kier alpha value is -0.120. The van der Waals surface area contributed by atoms with Gasteiger partial charge < -0.3 is 15.1 Å². The molecule has 0 aromatic carbocycles. The fraction of sp³-hybridized carbons (Fsp3) is 1.00.